The molecule has 0 aromatic heterocycles. The minimum atomic E-state index is 0.0543. The smallest absolute Gasteiger partial charge is 0.0449 e. The van der Waals surface area contributed by atoms with Gasteiger partial charge in [-0.05, 0) is 57.0 Å². The molecule has 1 spiro atoms. The molecule has 2 nitrogen and oxygen atoms in total. The van der Waals surface area contributed by atoms with Gasteiger partial charge in [-0.15, -0.1) is 0 Å². The number of alkyl halides is 1. The molecule has 1 saturated heterocycles. The summed E-state index contributed by atoms with van der Waals surface area (Å²) in [6.45, 7) is 7.82. The third-order valence-electron chi connectivity index (χ3n) is 4.46. The molecule has 2 heterocycles. The van der Waals surface area contributed by atoms with Crippen LogP contribution in [0, 0.1) is 0 Å². The molecule has 0 saturated carbocycles. The van der Waals surface area contributed by atoms with Crippen molar-refractivity contribution in [2.45, 2.75) is 36.4 Å². The molecule has 18 heavy (non-hydrogen) atoms. The minimum absolute atomic E-state index is 0.0543. The normalized spacial score (nSPS) is 21.7. The maximum Gasteiger partial charge on any atom is 0.0449 e. The van der Waals surface area contributed by atoms with E-state index in [1.165, 1.54) is 29.7 Å². The molecule has 0 amide bonds. The van der Waals surface area contributed by atoms with Gasteiger partial charge in [-0.25, -0.2) is 0 Å². The van der Waals surface area contributed by atoms with E-state index in [1.807, 2.05) is 0 Å². The van der Waals surface area contributed by atoms with E-state index < -0.39 is 0 Å². The van der Waals surface area contributed by atoms with Crippen LogP contribution in [0.4, 0.5) is 5.69 Å². The molecule has 1 fully saturated rings. The maximum absolute atomic E-state index is 3.77. The van der Waals surface area contributed by atoms with E-state index in [9.17, 15) is 0 Å². The van der Waals surface area contributed by atoms with Crippen molar-refractivity contribution in [1.29, 1.82) is 0 Å². The van der Waals surface area contributed by atoms with Crippen molar-refractivity contribution in [2.75, 3.05) is 25.0 Å². The molecule has 1 aromatic rings. The predicted molar refractivity (Wildman–Crippen MR) is 80.7 cm³/mol. The number of hydrogen-bond donors (Lipinski definition) is 2. The van der Waals surface area contributed by atoms with Crippen LogP contribution in [0.5, 0.6) is 0 Å². The Kier molecular flexibility index (Phi) is 2.94. The Morgan fingerprint density at radius 1 is 1.22 bits per heavy atom. The second kappa shape index (κ2) is 4.24. The van der Waals surface area contributed by atoms with Crippen LogP contribution in [0.3, 0.4) is 0 Å². The van der Waals surface area contributed by atoms with Crippen LogP contribution < -0.4 is 10.6 Å². The third-order valence-corrected chi connectivity index (χ3v) is 4.91. The lowest BCUT2D eigenvalue weighted by Gasteiger charge is -2.34. The second-order valence-electron chi connectivity index (χ2n) is 6.12. The average Bonchev–Trinajstić information content (AvgIpc) is 2.68. The minimum Gasteiger partial charge on any atom is -0.384 e. The summed E-state index contributed by atoms with van der Waals surface area (Å²) in [7, 11) is 0. The maximum atomic E-state index is 3.77. The zero-order valence-electron chi connectivity index (χ0n) is 11.1. The highest BCUT2D eigenvalue weighted by atomic mass is 79.9. The summed E-state index contributed by atoms with van der Waals surface area (Å²) in [5.41, 5.74) is 4.63. The number of nitrogens with one attached hydrogen (secondary N) is 2. The van der Waals surface area contributed by atoms with Crippen LogP contribution in [0.25, 0.3) is 0 Å². The first-order chi connectivity index (χ1) is 8.51. The molecule has 98 valence electrons. The standard InChI is InChI=1S/C15H21BrN2/c1-14(2,16)11-3-4-13-12(9-11)15(10-18-13)5-7-17-8-6-15/h3-4,9,17-18H,5-8,10H2,1-2H3. The summed E-state index contributed by atoms with van der Waals surface area (Å²) in [4.78, 5) is 0. The van der Waals surface area contributed by atoms with Gasteiger partial charge in [0, 0.05) is 22.0 Å². The highest BCUT2D eigenvalue weighted by Gasteiger charge is 2.40. The average molecular weight is 309 g/mol. The predicted octanol–water partition coefficient (Wildman–Crippen LogP) is 3.36. The van der Waals surface area contributed by atoms with E-state index in [0.717, 1.165) is 19.6 Å². The Hall–Kier alpha value is -0.540. The van der Waals surface area contributed by atoms with E-state index >= 15 is 0 Å². The first kappa shape index (κ1) is 12.5. The first-order valence-electron chi connectivity index (χ1n) is 6.80. The molecule has 1 aromatic carbocycles. The lowest BCUT2D eigenvalue weighted by atomic mass is 9.74. The van der Waals surface area contributed by atoms with Gasteiger partial charge in [-0.3, -0.25) is 0 Å². The molecule has 0 unspecified atom stereocenters. The first-order valence-corrected chi connectivity index (χ1v) is 7.59. The van der Waals surface area contributed by atoms with Crippen LogP contribution in [-0.4, -0.2) is 19.6 Å². The van der Waals surface area contributed by atoms with Crippen molar-refractivity contribution < 1.29 is 0 Å². The molecular weight excluding hydrogens is 288 g/mol. The van der Waals surface area contributed by atoms with Gasteiger partial charge in [-0.1, -0.05) is 28.1 Å². The van der Waals surface area contributed by atoms with Crippen molar-refractivity contribution >= 4 is 21.6 Å². The number of piperidine rings is 1. The monoisotopic (exact) mass is 308 g/mol. The molecular formula is C15H21BrN2. The van der Waals surface area contributed by atoms with Crippen molar-refractivity contribution in [3.63, 3.8) is 0 Å². The largest absolute Gasteiger partial charge is 0.384 e. The van der Waals surface area contributed by atoms with Crippen molar-refractivity contribution in [2.24, 2.45) is 0 Å². The Morgan fingerprint density at radius 3 is 2.61 bits per heavy atom. The van der Waals surface area contributed by atoms with Crippen molar-refractivity contribution in [3.05, 3.63) is 29.3 Å². The van der Waals surface area contributed by atoms with Crippen LogP contribution in [-0.2, 0) is 9.74 Å². The van der Waals surface area contributed by atoms with Gasteiger partial charge in [-0.2, -0.15) is 0 Å². The zero-order chi connectivity index (χ0) is 12.8. The lowest BCUT2D eigenvalue weighted by molar-refractivity contribution is 0.335. The van der Waals surface area contributed by atoms with E-state index in [2.05, 4.69) is 58.6 Å². The molecule has 3 heteroatoms. The van der Waals surface area contributed by atoms with Crippen molar-refractivity contribution in [3.8, 4) is 0 Å². The molecule has 0 bridgehead atoms. The fourth-order valence-corrected chi connectivity index (χ4v) is 3.46. The van der Waals surface area contributed by atoms with Crippen LogP contribution >= 0.6 is 15.9 Å². The Morgan fingerprint density at radius 2 is 1.94 bits per heavy atom. The molecule has 0 radical (unpaired) electrons. The van der Waals surface area contributed by atoms with E-state index in [1.54, 1.807) is 0 Å². The summed E-state index contributed by atoms with van der Waals surface area (Å²) in [6, 6.07) is 6.90. The second-order valence-corrected chi connectivity index (χ2v) is 8.10. The quantitative estimate of drug-likeness (QED) is 0.777. The molecule has 2 aliphatic heterocycles. The van der Waals surface area contributed by atoms with Gasteiger partial charge >= 0.3 is 0 Å². The van der Waals surface area contributed by atoms with Gasteiger partial charge in [0.15, 0.2) is 0 Å². The fraction of sp³-hybridized carbons (Fsp3) is 0.600. The molecule has 0 atom stereocenters. The molecule has 2 aliphatic rings. The summed E-state index contributed by atoms with van der Waals surface area (Å²) in [6.07, 6.45) is 2.50. The Bertz CT molecular complexity index is 451. The van der Waals surface area contributed by atoms with Gasteiger partial charge in [0.2, 0.25) is 0 Å². The lowest BCUT2D eigenvalue weighted by Crippen LogP contribution is -2.41. The van der Waals surface area contributed by atoms with Crippen LogP contribution in [0.1, 0.15) is 37.8 Å². The SMILES string of the molecule is CC(C)(Br)c1ccc2c(c1)C1(CCNCC1)CN2. The number of halogens is 1. The number of benzene rings is 1. The van der Waals surface area contributed by atoms with Gasteiger partial charge in [0.25, 0.3) is 0 Å². The molecule has 0 aliphatic carbocycles. The number of anilines is 1. The highest BCUT2D eigenvalue weighted by molar-refractivity contribution is 9.09. The number of rotatable bonds is 1. The molecule has 3 rings (SSSR count). The Balaban J connectivity index is 2.04. The number of fused-ring (bicyclic) bond motifs is 2. The number of hydrogen-bond acceptors (Lipinski definition) is 2. The Labute approximate surface area is 118 Å². The van der Waals surface area contributed by atoms with E-state index in [-0.39, 0.29) is 4.32 Å². The van der Waals surface area contributed by atoms with Crippen molar-refractivity contribution in [1.82, 2.24) is 5.32 Å². The van der Waals surface area contributed by atoms with Crippen LogP contribution in [0.15, 0.2) is 18.2 Å². The summed E-state index contributed by atoms with van der Waals surface area (Å²) >= 11 is 3.77. The summed E-state index contributed by atoms with van der Waals surface area (Å²) in [5.74, 6) is 0. The topological polar surface area (TPSA) is 24.1 Å². The van der Waals surface area contributed by atoms with Gasteiger partial charge in [0.05, 0.1) is 0 Å². The van der Waals surface area contributed by atoms with Gasteiger partial charge < -0.3 is 10.6 Å². The third kappa shape index (κ3) is 1.97. The summed E-state index contributed by atoms with van der Waals surface area (Å²) in [5, 5.41) is 7.07. The van der Waals surface area contributed by atoms with E-state index in [0.29, 0.717) is 5.41 Å². The zero-order valence-corrected chi connectivity index (χ0v) is 12.7. The van der Waals surface area contributed by atoms with E-state index in [4.69, 9.17) is 0 Å². The highest BCUT2D eigenvalue weighted by Crippen LogP contribution is 2.45. The fourth-order valence-electron chi connectivity index (χ4n) is 3.22. The molecule has 2 N–H and O–H groups in total. The van der Waals surface area contributed by atoms with Gasteiger partial charge in [0.1, 0.15) is 0 Å². The summed E-state index contributed by atoms with van der Waals surface area (Å²) < 4.78 is 0.0543. The van der Waals surface area contributed by atoms with Crippen LogP contribution in [0.2, 0.25) is 0 Å².